The van der Waals surface area contributed by atoms with Crippen LogP contribution in [0.5, 0.6) is 0 Å². The molecule has 0 saturated carbocycles. The lowest BCUT2D eigenvalue weighted by Gasteiger charge is -2.17. The Labute approximate surface area is 66.7 Å². The first kappa shape index (κ1) is 9.83. The van der Waals surface area contributed by atoms with Gasteiger partial charge in [-0.2, -0.15) is 0 Å². The highest BCUT2D eigenvalue weighted by molar-refractivity contribution is 5.66. The van der Waals surface area contributed by atoms with Crippen LogP contribution in [0.1, 0.15) is 20.8 Å². The third-order valence-corrected chi connectivity index (χ3v) is 1.27. The minimum atomic E-state index is -0.329. The Morgan fingerprint density at radius 2 is 2.00 bits per heavy atom. The SMILES string of the molecule is C#COC(C)C(C)OC(C)=O. The van der Waals surface area contributed by atoms with E-state index in [0.717, 1.165) is 0 Å². The molecular formula is C8H12O3. The molecule has 0 amide bonds. The van der Waals surface area contributed by atoms with Crippen LogP contribution < -0.4 is 0 Å². The number of carbonyl (C=O) groups is 1. The van der Waals surface area contributed by atoms with Crippen LogP contribution in [0, 0.1) is 12.5 Å². The van der Waals surface area contributed by atoms with E-state index in [0.29, 0.717) is 0 Å². The molecule has 0 radical (unpaired) electrons. The Morgan fingerprint density at radius 1 is 1.45 bits per heavy atom. The lowest BCUT2D eigenvalue weighted by atomic mass is 10.2. The first-order valence-electron chi connectivity index (χ1n) is 3.36. The molecule has 0 bridgehead atoms. The van der Waals surface area contributed by atoms with Gasteiger partial charge in [-0.05, 0) is 13.8 Å². The van der Waals surface area contributed by atoms with E-state index in [4.69, 9.17) is 15.9 Å². The predicted molar refractivity (Wildman–Crippen MR) is 40.6 cm³/mol. The van der Waals surface area contributed by atoms with Crippen molar-refractivity contribution in [3.8, 4) is 12.5 Å². The van der Waals surface area contributed by atoms with Crippen molar-refractivity contribution < 1.29 is 14.3 Å². The molecule has 11 heavy (non-hydrogen) atoms. The Morgan fingerprint density at radius 3 is 2.36 bits per heavy atom. The normalized spacial score (nSPS) is 14.4. The molecule has 0 saturated heterocycles. The zero-order valence-electron chi connectivity index (χ0n) is 6.96. The molecule has 0 N–H and O–H groups in total. The van der Waals surface area contributed by atoms with Gasteiger partial charge in [-0.3, -0.25) is 4.79 Å². The summed E-state index contributed by atoms with van der Waals surface area (Å²) in [4.78, 5) is 10.4. The maximum absolute atomic E-state index is 10.4. The molecule has 0 aliphatic heterocycles. The van der Waals surface area contributed by atoms with Crippen LogP contribution in [-0.2, 0) is 14.3 Å². The fraction of sp³-hybridized carbons (Fsp3) is 0.625. The van der Waals surface area contributed by atoms with Crippen LogP contribution in [0.3, 0.4) is 0 Å². The monoisotopic (exact) mass is 156 g/mol. The maximum Gasteiger partial charge on any atom is 0.303 e. The third-order valence-electron chi connectivity index (χ3n) is 1.27. The predicted octanol–water partition coefficient (Wildman–Crippen LogP) is 0.934. The van der Waals surface area contributed by atoms with Crippen molar-refractivity contribution in [1.29, 1.82) is 0 Å². The molecule has 0 fully saturated rings. The van der Waals surface area contributed by atoms with Crippen LogP contribution in [0.25, 0.3) is 0 Å². The molecule has 0 spiro atoms. The summed E-state index contributed by atoms with van der Waals surface area (Å²) in [5.41, 5.74) is 0. The van der Waals surface area contributed by atoms with Gasteiger partial charge in [-0.25, -0.2) is 0 Å². The van der Waals surface area contributed by atoms with E-state index in [1.54, 1.807) is 13.8 Å². The molecule has 2 atom stereocenters. The Kier molecular flexibility index (Phi) is 4.12. The lowest BCUT2D eigenvalue weighted by molar-refractivity contribution is -0.150. The summed E-state index contributed by atoms with van der Waals surface area (Å²) >= 11 is 0. The van der Waals surface area contributed by atoms with Crippen molar-refractivity contribution in [3.63, 3.8) is 0 Å². The summed E-state index contributed by atoms with van der Waals surface area (Å²) in [7, 11) is 0. The number of hydrogen-bond acceptors (Lipinski definition) is 3. The first-order chi connectivity index (χ1) is 5.07. The number of esters is 1. The number of carbonyl (C=O) groups excluding carboxylic acids is 1. The van der Waals surface area contributed by atoms with Crippen LogP contribution in [0.15, 0.2) is 0 Å². The van der Waals surface area contributed by atoms with E-state index in [2.05, 4.69) is 0 Å². The minimum absolute atomic E-state index is 0.260. The number of rotatable bonds is 3. The fourth-order valence-electron chi connectivity index (χ4n) is 0.561. The van der Waals surface area contributed by atoms with Gasteiger partial charge < -0.3 is 9.47 Å². The largest absolute Gasteiger partial charge is 0.459 e. The highest BCUT2D eigenvalue weighted by atomic mass is 16.6. The van der Waals surface area contributed by atoms with Gasteiger partial charge in [0.15, 0.2) is 0 Å². The van der Waals surface area contributed by atoms with Gasteiger partial charge in [0.2, 0.25) is 0 Å². The standard InChI is InChI=1S/C8H12O3/c1-5-10-6(2)7(3)11-8(4)9/h1,6-7H,2-4H3. The molecular weight excluding hydrogens is 144 g/mol. The second-order valence-electron chi connectivity index (χ2n) is 2.26. The van der Waals surface area contributed by atoms with Gasteiger partial charge >= 0.3 is 5.97 Å². The van der Waals surface area contributed by atoms with Crippen LogP contribution in [0.4, 0.5) is 0 Å². The number of hydrogen-bond donors (Lipinski definition) is 0. The third kappa shape index (κ3) is 4.26. The number of ether oxygens (including phenoxy) is 2. The zero-order chi connectivity index (χ0) is 8.85. The molecule has 0 rings (SSSR count). The van der Waals surface area contributed by atoms with Gasteiger partial charge in [-0.1, -0.05) is 6.42 Å². The van der Waals surface area contributed by atoms with Gasteiger partial charge in [-0.15, -0.1) is 0 Å². The van der Waals surface area contributed by atoms with E-state index in [-0.39, 0.29) is 18.2 Å². The summed E-state index contributed by atoms with van der Waals surface area (Å²) in [5, 5.41) is 0. The summed E-state index contributed by atoms with van der Waals surface area (Å²) in [6.07, 6.45) is 6.35. The molecule has 3 heteroatoms. The summed E-state index contributed by atoms with van der Waals surface area (Å²) in [6.45, 7) is 4.82. The first-order valence-corrected chi connectivity index (χ1v) is 3.36. The average Bonchev–Trinajstić information content (AvgIpc) is 1.86. The van der Waals surface area contributed by atoms with Gasteiger partial charge in [0, 0.05) is 6.92 Å². The highest BCUT2D eigenvalue weighted by Gasteiger charge is 2.14. The fourth-order valence-corrected chi connectivity index (χ4v) is 0.561. The van der Waals surface area contributed by atoms with Gasteiger partial charge in [0.1, 0.15) is 18.3 Å². The average molecular weight is 156 g/mol. The molecule has 0 aromatic heterocycles. The quantitative estimate of drug-likeness (QED) is 0.450. The molecule has 0 heterocycles. The Balaban J connectivity index is 3.74. The zero-order valence-corrected chi connectivity index (χ0v) is 6.96. The summed E-state index contributed by atoms with van der Waals surface area (Å²) in [5.74, 6) is -0.329. The van der Waals surface area contributed by atoms with Crippen LogP contribution in [-0.4, -0.2) is 18.2 Å². The molecule has 2 unspecified atom stereocenters. The molecule has 0 aliphatic rings. The molecule has 0 aliphatic carbocycles. The van der Waals surface area contributed by atoms with Crippen molar-refractivity contribution in [2.45, 2.75) is 33.0 Å². The van der Waals surface area contributed by atoms with Crippen molar-refractivity contribution in [2.24, 2.45) is 0 Å². The highest BCUT2D eigenvalue weighted by Crippen LogP contribution is 2.01. The topological polar surface area (TPSA) is 35.5 Å². The second-order valence-corrected chi connectivity index (χ2v) is 2.26. The van der Waals surface area contributed by atoms with Gasteiger partial charge in [0.05, 0.1) is 0 Å². The minimum Gasteiger partial charge on any atom is -0.459 e. The van der Waals surface area contributed by atoms with E-state index < -0.39 is 0 Å². The number of terminal acetylenes is 1. The van der Waals surface area contributed by atoms with Crippen molar-refractivity contribution in [2.75, 3.05) is 0 Å². The molecule has 0 aromatic rings. The van der Waals surface area contributed by atoms with Crippen molar-refractivity contribution >= 4 is 5.97 Å². The maximum atomic E-state index is 10.4. The van der Waals surface area contributed by atoms with Gasteiger partial charge in [0.25, 0.3) is 0 Å². The van der Waals surface area contributed by atoms with E-state index in [1.165, 1.54) is 6.92 Å². The Hall–Kier alpha value is -1.17. The van der Waals surface area contributed by atoms with E-state index >= 15 is 0 Å². The second kappa shape index (κ2) is 4.62. The van der Waals surface area contributed by atoms with Crippen LogP contribution >= 0.6 is 0 Å². The van der Waals surface area contributed by atoms with E-state index in [9.17, 15) is 4.79 Å². The van der Waals surface area contributed by atoms with Crippen molar-refractivity contribution in [1.82, 2.24) is 0 Å². The molecule has 3 nitrogen and oxygen atoms in total. The van der Waals surface area contributed by atoms with E-state index in [1.807, 2.05) is 6.11 Å². The molecule has 62 valence electrons. The van der Waals surface area contributed by atoms with Crippen molar-refractivity contribution in [3.05, 3.63) is 0 Å². The molecule has 0 aromatic carbocycles. The van der Waals surface area contributed by atoms with Crippen LogP contribution in [0.2, 0.25) is 0 Å². The summed E-state index contributed by atoms with van der Waals surface area (Å²) < 4.78 is 9.56. The smallest absolute Gasteiger partial charge is 0.303 e. The Bertz CT molecular complexity index is 169. The lowest BCUT2D eigenvalue weighted by Crippen LogP contribution is -2.26. The summed E-state index contributed by atoms with van der Waals surface area (Å²) in [6, 6.07) is 0.